The highest BCUT2D eigenvalue weighted by molar-refractivity contribution is 5.88. The first-order chi connectivity index (χ1) is 5.86. The molecule has 13 heavy (non-hydrogen) atoms. The number of hydrogen-bond acceptors (Lipinski definition) is 2. The van der Waals surface area contributed by atoms with Gasteiger partial charge in [0, 0.05) is 11.6 Å². The van der Waals surface area contributed by atoms with Crippen LogP contribution in [0.3, 0.4) is 0 Å². The van der Waals surface area contributed by atoms with Crippen LogP contribution in [-0.4, -0.2) is 22.2 Å². The molecular formula is C9H12O4. The molecule has 0 unspecified atom stereocenters. The summed E-state index contributed by atoms with van der Waals surface area (Å²) in [5, 5.41) is 17.0. The molecule has 0 rings (SSSR count). The summed E-state index contributed by atoms with van der Waals surface area (Å²) in [6.45, 7) is 4.59. The molecule has 2 N–H and O–H groups in total. The van der Waals surface area contributed by atoms with Gasteiger partial charge in [0.1, 0.15) is 0 Å². The van der Waals surface area contributed by atoms with Gasteiger partial charge in [0.15, 0.2) is 0 Å². The first-order valence-corrected chi connectivity index (χ1v) is 3.68. The smallest absolute Gasteiger partial charge is 0.331 e. The molecule has 4 heteroatoms. The Kier molecular flexibility index (Phi) is 3.91. The standard InChI is InChI=1S/C9H12O4/c1-5(4-8(10)11)6(2)7(3)9(12)13/h4H,1-3H3,(H,10,11)(H,12,13). The van der Waals surface area contributed by atoms with Crippen molar-refractivity contribution in [1.29, 1.82) is 0 Å². The van der Waals surface area contributed by atoms with E-state index in [9.17, 15) is 9.59 Å². The van der Waals surface area contributed by atoms with E-state index in [0.717, 1.165) is 6.08 Å². The molecule has 4 nitrogen and oxygen atoms in total. The second-order valence-corrected chi connectivity index (χ2v) is 2.72. The number of aliphatic carboxylic acids is 2. The van der Waals surface area contributed by atoms with Crippen molar-refractivity contribution < 1.29 is 19.8 Å². The molecule has 0 aliphatic heterocycles. The fourth-order valence-electron chi connectivity index (χ4n) is 0.750. The van der Waals surface area contributed by atoms with Crippen molar-refractivity contribution in [2.24, 2.45) is 0 Å². The Hall–Kier alpha value is -1.58. The Labute approximate surface area is 76.2 Å². The van der Waals surface area contributed by atoms with Gasteiger partial charge >= 0.3 is 11.9 Å². The normalized spacial score (nSPS) is 13.6. The van der Waals surface area contributed by atoms with Gasteiger partial charge in [0.2, 0.25) is 0 Å². The molecule has 0 radical (unpaired) electrons. The average Bonchev–Trinajstić information content (AvgIpc) is 2.00. The van der Waals surface area contributed by atoms with Gasteiger partial charge in [-0.15, -0.1) is 0 Å². The Morgan fingerprint density at radius 2 is 1.46 bits per heavy atom. The van der Waals surface area contributed by atoms with E-state index in [2.05, 4.69) is 0 Å². The molecule has 0 aliphatic carbocycles. The van der Waals surface area contributed by atoms with Crippen LogP contribution in [0.25, 0.3) is 0 Å². The average molecular weight is 184 g/mol. The molecule has 0 fully saturated rings. The zero-order valence-electron chi connectivity index (χ0n) is 7.79. The van der Waals surface area contributed by atoms with Gasteiger partial charge in [0.05, 0.1) is 0 Å². The van der Waals surface area contributed by atoms with Crippen molar-refractivity contribution in [2.45, 2.75) is 20.8 Å². The fraction of sp³-hybridized carbons (Fsp3) is 0.333. The molecule has 0 atom stereocenters. The van der Waals surface area contributed by atoms with Crippen LogP contribution in [0.2, 0.25) is 0 Å². The Morgan fingerprint density at radius 1 is 1.00 bits per heavy atom. The summed E-state index contributed by atoms with van der Waals surface area (Å²) < 4.78 is 0. The van der Waals surface area contributed by atoms with Crippen LogP contribution in [0.15, 0.2) is 22.8 Å². The van der Waals surface area contributed by atoms with Crippen LogP contribution in [-0.2, 0) is 9.59 Å². The second-order valence-electron chi connectivity index (χ2n) is 2.72. The topological polar surface area (TPSA) is 74.6 Å². The van der Waals surface area contributed by atoms with Crippen LogP contribution >= 0.6 is 0 Å². The third kappa shape index (κ3) is 3.55. The van der Waals surface area contributed by atoms with Crippen molar-refractivity contribution in [2.75, 3.05) is 0 Å². The van der Waals surface area contributed by atoms with Crippen LogP contribution in [0.4, 0.5) is 0 Å². The lowest BCUT2D eigenvalue weighted by atomic mass is 10.0. The lowest BCUT2D eigenvalue weighted by Gasteiger charge is -2.02. The molecule has 0 aromatic rings. The third-order valence-corrected chi connectivity index (χ3v) is 1.81. The van der Waals surface area contributed by atoms with Crippen LogP contribution in [0.1, 0.15) is 20.8 Å². The minimum absolute atomic E-state index is 0.162. The van der Waals surface area contributed by atoms with Gasteiger partial charge in [-0.3, -0.25) is 0 Å². The molecule has 0 aromatic carbocycles. The van der Waals surface area contributed by atoms with Crippen molar-refractivity contribution in [1.82, 2.24) is 0 Å². The molecule has 72 valence electrons. The van der Waals surface area contributed by atoms with E-state index >= 15 is 0 Å². The molecule has 0 saturated carbocycles. The summed E-state index contributed by atoms with van der Waals surface area (Å²) in [6, 6.07) is 0. The summed E-state index contributed by atoms with van der Waals surface area (Å²) in [5.41, 5.74) is 1.09. The number of carboxylic acids is 2. The number of carboxylic acid groups (broad SMARTS) is 2. The Bertz CT molecular complexity index is 297. The SMILES string of the molecule is CC(=CC(=O)O)C(C)=C(C)C(=O)O. The molecule has 0 aromatic heterocycles. The van der Waals surface area contributed by atoms with E-state index in [4.69, 9.17) is 10.2 Å². The molecule has 0 spiro atoms. The maximum atomic E-state index is 10.5. The van der Waals surface area contributed by atoms with Crippen LogP contribution in [0, 0.1) is 0 Å². The van der Waals surface area contributed by atoms with E-state index in [1.165, 1.54) is 6.92 Å². The van der Waals surface area contributed by atoms with E-state index in [0.29, 0.717) is 11.1 Å². The quantitative estimate of drug-likeness (QED) is 0.514. The summed E-state index contributed by atoms with van der Waals surface area (Å²) in [5.74, 6) is -2.11. The molecule has 0 amide bonds. The first-order valence-electron chi connectivity index (χ1n) is 3.68. The summed E-state index contributed by atoms with van der Waals surface area (Å²) in [4.78, 5) is 20.8. The van der Waals surface area contributed by atoms with E-state index in [-0.39, 0.29) is 5.57 Å². The number of carbonyl (C=O) groups is 2. The van der Waals surface area contributed by atoms with Gasteiger partial charge in [-0.25, -0.2) is 9.59 Å². The largest absolute Gasteiger partial charge is 0.478 e. The van der Waals surface area contributed by atoms with Gasteiger partial charge in [-0.2, -0.15) is 0 Å². The summed E-state index contributed by atoms with van der Waals surface area (Å²) >= 11 is 0. The van der Waals surface area contributed by atoms with Gasteiger partial charge in [-0.05, 0) is 31.9 Å². The van der Waals surface area contributed by atoms with Crippen molar-refractivity contribution >= 4 is 11.9 Å². The molecule has 0 bridgehead atoms. The lowest BCUT2D eigenvalue weighted by Crippen LogP contribution is -2.01. The van der Waals surface area contributed by atoms with Crippen molar-refractivity contribution in [3.8, 4) is 0 Å². The number of allylic oxidation sites excluding steroid dienone is 2. The van der Waals surface area contributed by atoms with Gasteiger partial charge in [-0.1, -0.05) is 0 Å². The maximum Gasteiger partial charge on any atom is 0.331 e. The Balaban J connectivity index is 4.99. The molecule has 0 aliphatic rings. The van der Waals surface area contributed by atoms with Crippen LogP contribution < -0.4 is 0 Å². The van der Waals surface area contributed by atoms with Gasteiger partial charge in [0.25, 0.3) is 0 Å². The fourth-order valence-corrected chi connectivity index (χ4v) is 0.750. The van der Waals surface area contributed by atoms with E-state index in [1.54, 1.807) is 13.8 Å². The molecule has 0 heterocycles. The van der Waals surface area contributed by atoms with E-state index in [1.807, 2.05) is 0 Å². The highest BCUT2D eigenvalue weighted by Gasteiger charge is 2.07. The van der Waals surface area contributed by atoms with Crippen LogP contribution in [0.5, 0.6) is 0 Å². The summed E-state index contributed by atoms with van der Waals surface area (Å²) in [6.07, 6.45) is 0.988. The minimum Gasteiger partial charge on any atom is -0.478 e. The third-order valence-electron chi connectivity index (χ3n) is 1.81. The lowest BCUT2D eigenvalue weighted by molar-refractivity contribution is -0.133. The molecular weight excluding hydrogens is 172 g/mol. The zero-order valence-corrected chi connectivity index (χ0v) is 7.79. The highest BCUT2D eigenvalue weighted by atomic mass is 16.4. The second kappa shape index (κ2) is 4.45. The first kappa shape index (κ1) is 11.4. The monoisotopic (exact) mass is 184 g/mol. The molecule has 0 saturated heterocycles. The predicted molar refractivity (Wildman–Crippen MR) is 47.4 cm³/mol. The van der Waals surface area contributed by atoms with Crippen molar-refractivity contribution in [3.63, 3.8) is 0 Å². The predicted octanol–water partition coefficient (Wildman–Crippen LogP) is 1.44. The Morgan fingerprint density at radius 3 is 1.77 bits per heavy atom. The highest BCUT2D eigenvalue weighted by Crippen LogP contribution is 2.13. The minimum atomic E-state index is -1.07. The van der Waals surface area contributed by atoms with Gasteiger partial charge < -0.3 is 10.2 Å². The number of hydrogen-bond donors (Lipinski definition) is 2. The zero-order chi connectivity index (χ0) is 10.6. The van der Waals surface area contributed by atoms with E-state index < -0.39 is 11.9 Å². The van der Waals surface area contributed by atoms with Crippen molar-refractivity contribution in [3.05, 3.63) is 22.8 Å². The maximum absolute atomic E-state index is 10.5. The summed E-state index contributed by atoms with van der Waals surface area (Å²) in [7, 11) is 0. The number of rotatable bonds is 3.